The van der Waals surface area contributed by atoms with Crippen molar-refractivity contribution in [1.82, 2.24) is 20.7 Å². The average Bonchev–Trinajstić information content (AvgIpc) is 2.62. The molecule has 2 fully saturated rings. The molecule has 0 radical (unpaired) electrons. The second-order valence-electron chi connectivity index (χ2n) is 5.56. The first-order chi connectivity index (χ1) is 9.22. The van der Waals surface area contributed by atoms with Crippen molar-refractivity contribution in [3.8, 4) is 0 Å². The maximum Gasteiger partial charge on any atom is 0.125 e. The molecule has 1 aliphatic carbocycles. The molecule has 0 bridgehead atoms. The first-order valence-corrected chi connectivity index (χ1v) is 6.39. The van der Waals surface area contributed by atoms with Crippen LogP contribution in [-0.2, 0) is 9.78 Å². The van der Waals surface area contributed by atoms with E-state index in [1.54, 1.807) is 0 Å². The molecule has 10 heteroatoms. The average molecular weight is 290 g/mol. The second-order valence-corrected chi connectivity index (χ2v) is 5.56. The summed E-state index contributed by atoms with van der Waals surface area (Å²) in [5.74, 6) is 0. The van der Waals surface area contributed by atoms with Crippen molar-refractivity contribution in [2.75, 3.05) is 7.05 Å². The SMILES string of the molecule is CN([O-])OC(C)(C)N([O-])C1CCC2C(C1)N([O-])ON2[O-]. The van der Waals surface area contributed by atoms with Crippen LogP contribution in [0, 0.1) is 20.8 Å². The minimum atomic E-state index is -1.35. The summed E-state index contributed by atoms with van der Waals surface area (Å²) in [6.07, 6.45) is 0.987. The van der Waals surface area contributed by atoms with Gasteiger partial charge in [-0.2, -0.15) is 0 Å². The molecule has 2 aliphatic rings. The van der Waals surface area contributed by atoms with Crippen LogP contribution in [-0.4, -0.2) is 51.6 Å². The molecular weight excluding hydrogens is 272 g/mol. The Balaban J connectivity index is 2.00. The zero-order valence-corrected chi connectivity index (χ0v) is 11.6. The predicted molar refractivity (Wildman–Crippen MR) is 68.2 cm³/mol. The molecular formula is C10H18N4O6-4. The van der Waals surface area contributed by atoms with Gasteiger partial charge >= 0.3 is 0 Å². The van der Waals surface area contributed by atoms with E-state index >= 15 is 0 Å². The maximum atomic E-state index is 12.3. The van der Waals surface area contributed by atoms with Crippen molar-refractivity contribution >= 4 is 0 Å². The molecule has 20 heavy (non-hydrogen) atoms. The van der Waals surface area contributed by atoms with Crippen molar-refractivity contribution in [2.24, 2.45) is 0 Å². The summed E-state index contributed by atoms with van der Waals surface area (Å²) in [5, 5.41) is 47.4. The molecule has 10 nitrogen and oxygen atoms in total. The lowest BCUT2D eigenvalue weighted by molar-refractivity contribution is -0.252. The Bertz CT molecular complexity index is 344. The van der Waals surface area contributed by atoms with Gasteiger partial charge in [-0.05, 0) is 40.2 Å². The minimum Gasteiger partial charge on any atom is -0.783 e. The number of fused-ring (bicyclic) bond motifs is 1. The van der Waals surface area contributed by atoms with Crippen molar-refractivity contribution < 1.29 is 9.78 Å². The summed E-state index contributed by atoms with van der Waals surface area (Å²) < 4.78 is 0. The van der Waals surface area contributed by atoms with Gasteiger partial charge in [-0.1, -0.05) is 0 Å². The highest BCUT2D eigenvalue weighted by atomic mass is 17.1. The van der Waals surface area contributed by atoms with Gasteiger partial charge in [0.05, 0.1) is 0 Å². The molecule has 3 unspecified atom stereocenters. The second kappa shape index (κ2) is 5.77. The summed E-state index contributed by atoms with van der Waals surface area (Å²) in [7, 11) is 1.14. The summed E-state index contributed by atoms with van der Waals surface area (Å²) in [6.45, 7) is 2.95. The van der Waals surface area contributed by atoms with E-state index in [0.29, 0.717) is 17.9 Å². The third-order valence-electron chi connectivity index (χ3n) is 3.67. The van der Waals surface area contributed by atoms with Gasteiger partial charge < -0.3 is 25.9 Å². The van der Waals surface area contributed by atoms with Gasteiger partial charge in [-0.3, -0.25) is 10.1 Å². The number of hydrogen-bond donors (Lipinski definition) is 0. The van der Waals surface area contributed by atoms with Gasteiger partial charge in [0.1, 0.15) is 5.72 Å². The molecule has 1 saturated heterocycles. The zero-order valence-electron chi connectivity index (χ0n) is 11.6. The molecule has 0 amide bonds. The Morgan fingerprint density at radius 2 is 1.75 bits per heavy atom. The van der Waals surface area contributed by atoms with Crippen LogP contribution in [0.5, 0.6) is 0 Å². The predicted octanol–water partition coefficient (Wildman–Crippen LogP) is 0.633. The topological polar surface area (TPSA) is 124 Å². The summed E-state index contributed by atoms with van der Waals surface area (Å²) in [5.41, 5.74) is -1.35. The van der Waals surface area contributed by atoms with E-state index in [0.717, 1.165) is 7.05 Å². The van der Waals surface area contributed by atoms with Crippen LogP contribution in [0.4, 0.5) is 0 Å². The Hall–Kier alpha value is -0.400. The van der Waals surface area contributed by atoms with Crippen LogP contribution in [0.1, 0.15) is 33.1 Å². The van der Waals surface area contributed by atoms with E-state index in [1.165, 1.54) is 13.8 Å². The number of nitrogens with zero attached hydrogens (tertiary/aromatic N) is 4. The van der Waals surface area contributed by atoms with Crippen molar-refractivity contribution in [1.29, 1.82) is 0 Å². The first kappa shape index (κ1) is 16.0. The first-order valence-electron chi connectivity index (χ1n) is 6.39. The summed E-state index contributed by atoms with van der Waals surface area (Å²) in [6, 6.07) is -1.75. The van der Waals surface area contributed by atoms with Gasteiger partial charge in [-0.15, -0.1) is 0 Å². The molecule has 0 aromatic carbocycles. The molecule has 3 atom stereocenters. The molecule has 0 spiro atoms. The lowest BCUT2D eigenvalue weighted by Gasteiger charge is -2.53. The number of rotatable bonds is 4. The maximum absolute atomic E-state index is 12.3. The molecule has 2 rings (SSSR count). The van der Waals surface area contributed by atoms with Crippen LogP contribution >= 0.6 is 0 Å². The Morgan fingerprint density at radius 1 is 1.15 bits per heavy atom. The zero-order chi connectivity index (χ0) is 15.1. The largest absolute Gasteiger partial charge is 0.783 e. The van der Waals surface area contributed by atoms with Crippen LogP contribution in [0.2, 0.25) is 0 Å². The smallest absolute Gasteiger partial charge is 0.125 e. The van der Waals surface area contributed by atoms with Crippen molar-refractivity contribution in [3.63, 3.8) is 0 Å². The highest BCUT2D eigenvalue weighted by Crippen LogP contribution is 2.36. The Kier molecular flexibility index (Phi) is 4.61. The van der Waals surface area contributed by atoms with E-state index in [-0.39, 0.29) is 22.1 Å². The normalized spacial score (nSPS) is 33.1. The van der Waals surface area contributed by atoms with Gasteiger partial charge in [0, 0.05) is 18.1 Å². The summed E-state index contributed by atoms with van der Waals surface area (Å²) >= 11 is 0. The fraction of sp³-hybridized carbons (Fsp3) is 1.00. The van der Waals surface area contributed by atoms with Crippen LogP contribution in [0.15, 0.2) is 0 Å². The Labute approximate surface area is 116 Å². The van der Waals surface area contributed by atoms with E-state index < -0.39 is 23.9 Å². The van der Waals surface area contributed by atoms with Crippen LogP contribution < -0.4 is 0 Å². The monoisotopic (exact) mass is 290 g/mol. The fourth-order valence-electron chi connectivity index (χ4n) is 2.79. The van der Waals surface area contributed by atoms with E-state index in [1.807, 2.05) is 0 Å². The molecule has 0 aromatic heterocycles. The quantitative estimate of drug-likeness (QED) is 0.537. The Morgan fingerprint density at radius 3 is 2.35 bits per heavy atom. The summed E-state index contributed by atoms with van der Waals surface area (Å²) in [4.78, 5) is 9.34. The molecule has 0 aromatic rings. The molecule has 0 N–H and O–H groups in total. The van der Waals surface area contributed by atoms with Crippen LogP contribution in [0.3, 0.4) is 0 Å². The number of hydroxylamine groups is 8. The van der Waals surface area contributed by atoms with Gasteiger partial charge in [0.25, 0.3) is 0 Å². The van der Waals surface area contributed by atoms with Crippen molar-refractivity contribution in [3.05, 3.63) is 20.8 Å². The highest BCUT2D eigenvalue weighted by molar-refractivity contribution is 4.96. The van der Waals surface area contributed by atoms with Crippen LogP contribution in [0.25, 0.3) is 0 Å². The van der Waals surface area contributed by atoms with E-state index in [9.17, 15) is 20.8 Å². The third-order valence-corrected chi connectivity index (χ3v) is 3.67. The van der Waals surface area contributed by atoms with E-state index in [2.05, 4.69) is 4.94 Å². The highest BCUT2D eigenvalue weighted by Gasteiger charge is 2.40. The molecule has 1 heterocycles. The molecule has 1 saturated carbocycles. The lowest BCUT2D eigenvalue weighted by Crippen LogP contribution is -2.54. The molecule has 118 valence electrons. The molecule has 1 aliphatic heterocycles. The lowest BCUT2D eigenvalue weighted by atomic mass is 9.87. The fourth-order valence-corrected chi connectivity index (χ4v) is 2.79. The van der Waals surface area contributed by atoms with Gasteiger partial charge in [0.15, 0.2) is 0 Å². The van der Waals surface area contributed by atoms with Gasteiger partial charge in [0.2, 0.25) is 0 Å². The minimum absolute atomic E-state index is 0.186. The number of hydrogen-bond acceptors (Lipinski definition) is 10. The van der Waals surface area contributed by atoms with Crippen molar-refractivity contribution in [2.45, 2.75) is 57.0 Å². The van der Waals surface area contributed by atoms with E-state index in [4.69, 9.17) is 4.84 Å². The third kappa shape index (κ3) is 3.09. The van der Waals surface area contributed by atoms with Gasteiger partial charge in [-0.25, -0.2) is 15.4 Å². The standard InChI is InChI=1S/C10H18N4O6/c1-10(2,19-11(3)15)12(16)7-4-5-8-9(6-7)14(18)20-13(8)17/h7-9H,4-6H2,1-3H3/q-4.